The zero-order chi connectivity index (χ0) is 12.0. The summed E-state index contributed by atoms with van der Waals surface area (Å²) in [7, 11) is 0. The van der Waals surface area contributed by atoms with Crippen LogP contribution in [0.3, 0.4) is 0 Å². The fraction of sp³-hybridized carbons (Fsp3) is 0.571. The van der Waals surface area contributed by atoms with E-state index in [4.69, 9.17) is 0 Å². The zero-order valence-corrected chi connectivity index (χ0v) is 10.5. The number of aliphatic hydroxyl groups excluding tert-OH is 1. The van der Waals surface area contributed by atoms with Crippen molar-refractivity contribution in [2.75, 3.05) is 13.1 Å². The summed E-state index contributed by atoms with van der Waals surface area (Å²) < 4.78 is 0. The van der Waals surface area contributed by atoms with Crippen LogP contribution in [0, 0.1) is 12.8 Å². The third kappa shape index (κ3) is 5.29. The first-order valence-corrected chi connectivity index (χ1v) is 6.02. The summed E-state index contributed by atoms with van der Waals surface area (Å²) in [6.45, 7) is 8.05. The number of rotatable bonds is 6. The lowest BCUT2D eigenvalue weighted by Crippen LogP contribution is -2.30. The molecule has 90 valence electrons. The number of aliphatic hydroxyl groups is 1. The molecule has 0 aliphatic carbocycles. The molecule has 2 N–H and O–H groups in total. The van der Waals surface area contributed by atoms with E-state index < -0.39 is 0 Å². The van der Waals surface area contributed by atoms with E-state index in [-0.39, 0.29) is 6.10 Å². The van der Waals surface area contributed by atoms with Gasteiger partial charge in [0.25, 0.3) is 0 Å². The Kier molecular flexibility index (Phi) is 5.50. The van der Waals surface area contributed by atoms with Crippen LogP contribution in [0.5, 0.6) is 0 Å². The largest absolute Gasteiger partial charge is 0.391 e. The topological polar surface area (TPSA) is 32.3 Å². The summed E-state index contributed by atoms with van der Waals surface area (Å²) in [5, 5.41) is 13.1. The summed E-state index contributed by atoms with van der Waals surface area (Å²) in [5.41, 5.74) is 2.46. The van der Waals surface area contributed by atoms with E-state index in [1.54, 1.807) is 0 Å². The Labute approximate surface area is 98.7 Å². The van der Waals surface area contributed by atoms with E-state index in [9.17, 15) is 5.11 Å². The van der Waals surface area contributed by atoms with Crippen LogP contribution in [0.1, 0.15) is 25.0 Å². The van der Waals surface area contributed by atoms with Crippen LogP contribution in [0.25, 0.3) is 0 Å². The summed E-state index contributed by atoms with van der Waals surface area (Å²) in [6.07, 6.45) is 0.438. The highest BCUT2D eigenvalue weighted by atomic mass is 16.3. The lowest BCUT2D eigenvalue weighted by atomic mass is 10.1. The molecule has 0 fully saturated rings. The standard InChI is InChI=1S/C14H23NO/c1-11(2)9-15-10-14(16)8-13-6-4-5-12(3)7-13/h4-7,11,14-16H,8-10H2,1-3H3. The molecule has 0 bridgehead atoms. The van der Waals surface area contributed by atoms with Gasteiger partial charge in [0.2, 0.25) is 0 Å². The van der Waals surface area contributed by atoms with Gasteiger partial charge in [0.15, 0.2) is 0 Å². The monoisotopic (exact) mass is 221 g/mol. The third-order valence-corrected chi connectivity index (χ3v) is 2.49. The van der Waals surface area contributed by atoms with E-state index in [1.807, 2.05) is 6.07 Å². The van der Waals surface area contributed by atoms with E-state index in [0.29, 0.717) is 12.5 Å². The Morgan fingerprint density at radius 2 is 2.00 bits per heavy atom. The molecule has 2 heteroatoms. The van der Waals surface area contributed by atoms with Crippen molar-refractivity contribution in [3.63, 3.8) is 0 Å². The van der Waals surface area contributed by atoms with Crippen LogP contribution in [0.15, 0.2) is 24.3 Å². The maximum absolute atomic E-state index is 9.84. The van der Waals surface area contributed by atoms with Gasteiger partial charge in [-0.2, -0.15) is 0 Å². The minimum Gasteiger partial charge on any atom is -0.391 e. The van der Waals surface area contributed by atoms with E-state index in [1.165, 1.54) is 11.1 Å². The summed E-state index contributed by atoms with van der Waals surface area (Å²) in [5.74, 6) is 0.631. The zero-order valence-electron chi connectivity index (χ0n) is 10.5. The molecule has 1 atom stereocenters. The summed E-state index contributed by atoms with van der Waals surface area (Å²) in [6, 6.07) is 8.32. The molecule has 16 heavy (non-hydrogen) atoms. The van der Waals surface area contributed by atoms with Crippen LogP contribution in [-0.2, 0) is 6.42 Å². The molecule has 0 aliphatic rings. The predicted octanol–water partition coefficient (Wildman–Crippen LogP) is 2.14. The number of nitrogens with one attached hydrogen (secondary N) is 1. The maximum atomic E-state index is 9.84. The van der Waals surface area contributed by atoms with Gasteiger partial charge in [-0.3, -0.25) is 0 Å². The molecule has 0 aromatic heterocycles. The lowest BCUT2D eigenvalue weighted by Gasteiger charge is -2.13. The second kappa shape index (κ2) is 6.66. The first-order valence-electron chi connectivity index (χ1n) is 6.02. The van der Waals surface area contributed by atoms with Crippen molar-refractivity contribution in [3.8, 4) is 0 Å². The number of hydrogen-bond donors (Lipinski definition) is 2. The van der Waals surface area contributed by atoms with Crippen LogP contribution < -0.4 is 5.32 Å². The highest BCUT2D eigenvalue weighted by molar-refractivity contribution is 5.22. The van der Waals surface area contributed by atoms with Crippen LogP contribution in [0.2, 0.25) is 0 Å². The molecule has 0 aliphatic heterocycles. The van der Waals surface area contributed by atoms with Gasteiger partial charge < -0.3 is 10.4 Å². The first kappa shape index (κ1) is 13.2. The Balaban J connectivity index is 2.31. The van der Waals surface area contributed by atoms with Gasteiger partial charge in [-0.25, -0.2) is 0 Å². The van der Waals surface area contributed by atoms with Crippen molar-refractivity contribution in [3.05, 3.63) is 35.4 Å². The normalized spacial score (nSPS) is 13.1. The van der Waals surface area contributed by atoms with Crippen molar-refractivity contribution in [1.82, 2.24) is 5.32 Å². The van der Waals surface area contributed by atoms with Gasteiger partial charge in [0.1, 0.15) is 0 Å². The Morgan fingerprint density at radius 3 is 2.62 bits per heavy atom. The Bertz CT molecular complexity index is 309. The van der Waals surface area contributed by atoms with Crippen molar-refractivity contribution in [2.24, 2.45) is 5.92 Å². The molecule has 0 saturated heterocycles. The van der Waals surface area contributed by atoms with Crippen molar-refractivity contribution < 1.29 is 5.11 Å². The highest BCUT2D eigenvalue weighted by Gasteiger charge is 2.05. The molecule has 0 heterocycles. The molecule has 1 aromatic rings. The predicted molar refractivity (Wildman–Crippen MR) is 68.6 cm³/mol. The maximum Gasteiger partial charge on any atom is 0.0704 e. The lowest BCUT2D eigenvalue weighted by molar-refractivity contribution is 0.170. The molecule has 0 amide bonds. The highest BCUT2D eigenvalue weighted by Crippen LogP contribution is 2.06. The van der Waals surface area contributed by atoms with Gasteiger partial charge in [-0.15, -0.1) is 0 Å². The number of benzene rings is 1. The average Bonchev–Trinajstić information content (AvgIpc) is 2.16. The molecule has 2 nitrogen and oxygen atoms in total. The Hall–Kier alpha value is -0.860. The molecule has 0 saturated carbocycles. The summed E-state index contributed by atoms with van der Waals surface area (Å²) >= 11 is 0. The minimum atomic E-state index is -0.291. The van der Waals surface area contributed by atoms with E-state index in [2.05, 4.69) is 44.3 Å². The van der Waals surface area contributed by atoms with E-state index in [0.717, 1.165) is 13.0 Å². The molecule has 0 spiro atoms. The third-order valence-electron chi connectivity index (χ3n) is 2.49. The van der Waals surface area contributed by atoms with E-state index >= 15 is 0 Å². The molecule has 1 aromatic carbocycles. The quantitative estimate of drug-likeness (QED) is 0.771. The van der Waals surface area contributed by atoms with Crippen LogP contribution in [0.4, 0.5) is 0 Å². The smallest absolute Gasteiger partial charge is 0.0704 e. The van der Waals surface area contributed by atoms with Gasteiger partial charge in [0, 0.05) is 6.54 Å². The van der Waals surface area contributed by atoms with Crippen LogP contribution >= 0.6 is 0 Å². The Morgan fingerprint density at radius 1 is 1.25 bits per heavy atom. The molecule has 1 unspecified atom stereocenters. The number of aryl methyl sites for hydroxylation is 1. The molecular formula is C14H23NO. The van der Waals surface area contributed by atoms with Gasteiger partial charge in [0.05, 0.1) is 6.10 Å². The average molecular weight is 221 g/mol. The minimum absolute atomic E-state index is 0.291. The fourth-order valence-electron chi connectivity index (χ4n) is 1.72. The number of hydrogen-bond acceptors (Lipinski definition) is 2. The van der Waals surface area contributed by atoms with Crippen molar-refractivity contribution in [1.29, 1.82) is 0 Å². The second-order valence-corrected chi connectivity index (χ2v) is 4.90. The summed E-state index contributed by atoms with van der Waals surface area (Å²) in [4.78, 5) is 0. The second-order valence-electron chi connectivity index (χ2n) is 4.90. The molecular weight excluding hydrogens is 198 g/mol. The van der Waals surface area contributed by atoms with Gasteiger partial charge in [-0.1, -0.05) is 43.7 Å². The fourth-order valence-corrected chi connectivity index (χ4v) is 1.72. The first-order chi connectivity index (χ1) is 7.58. The van der Waals surface area contributed by atoms with Crippen LogP contribution in [-0.4, -0.2) is 24.3 Å². The SMILES string of the molecule is Cc1cccc(CC(O)CNCC(C)C)c1. The van der Waals surface area contributed by atoms with Crippen molar-refractivity contribution in [2.45, 2.75) is 33.3 Å². The van der Waals surface area contributed by atoms with Crippen molar-refractivity contribution >= 4 is 0 Å². The molecule has 0 radical (unpaired) electrons. The molecule has 1 rings (SSSR count). The van der Waals surface area contributed by atoms with Gasteiger partial charge in [-0.05, 0) is 31.4 Å². The van der Waals surface area contributed by atoms with Gasteiger partial charge >= 0.3 is 0 Å².